The van der Waals surface area contributed by atoms with Crippen LogP contribution in [0.4, 0.5) is 0 Å². The standard InChI is InChI=1S/C14H28O2/c1-11(2)16-13(15)12(3)9-7-8-10-14(4,5)6/h11-12H,7-10H2,1-6H3. The molecule has 0 aromatic rings. The number of rotatable bonds is 6. The van der Waals surface area contributed by atoms with Gasteiger partial charge in [0, 0.05) is 0 Å². The smallest absolute Gasteiger partial charge is 0.308 e. The largest absolute Gasteiger partial charge is 0.463 e. The first kappa shape index (κ1) is 15.5. The third-order valence-corrected chi connectivity index (χ3v) is 2.57. The second-order valence-electron chi connectivity index (χ2n) is 6.19. The molecule has 0 aromatic heterocycles. The van der Waals surface area contributed by atoms with E-state index >= 15 is 0 Å². The predicted octanol–water partition coefficient (Wildman–Crippen LogP) is 4.18. The molecule has 16 heavy (non-hydrogen) atoms. The molecule has 0 saturated heterocycles. The molecule has 0 aliphatic rings. The van der Waals surface area contributed by atoms with E-state index in [2.05, 4.69) is 20.8 Å². The molecule has 0 aliphatic heterocycles. The van der Waals surface area contributed by atoms with Crippen LogP contribution in [0, 0.1) is 11.3 Å². The van der Waals surface area contributed by atoms with Crippen molar-refractivity contribution in [1.29, 1.82) is 0 Å². The maximum absolute atomic E-state index is 11.5. The van der Waals surface area contributed by atoms with Gasteiger partial charge >= 0.3 is 5.97 Å². The second-order valence-corrected chi connectivity index (χ2v) is 6.19. The molecule has 0 saturated carbocycles. The minimum atomic E-state index is -0.0502. The molecule has 0 amide bonds. The van der Waals surface area contributed by atoms with Crippen molar-refractivity contribution in [2.75, 3.05) is 0 Å². The first-order chi connectivity index (χ1) is 7.22. The summed E-state index contributed by atoms with van der Waals surface area (Å²) in [5, 5.41) is 0. The van der Waals surface area contributed by atoms with Gasteiger partial charge in [0.15, 0.2) is 0 Å². The van der Waals surface area contributed by atoms with E-state index in [-0.39, 0.29) is 18.0 Å². The van der Waals surface area contributed by atoms with Crippen molar-refractivity contribution in [2.24, 2.45) is 11.3 Å². The van der Waals surface area contributed by atoms with Crippen molar-refractivity contribution in [3.63, 3.8) is 0 Å². The molecule has 0 bridgehead atoms. The quantitative estimate of drug-likeness (QED) is 0.503. The number of hydrogen-bond donors (Lipinski definition) is 0. The molecule has 0 rings (SSSR count). The lowest BCUT2D eigenvalue weighted by Crippen LogP contribution is -2.19. The maximum Gasteiger partial charge on any atom is 0.308 e. The summed E-state index contributed by atoms with van der Waals surface area (Å²) in [6.45, 7) is 12.5. The van der Waals surface area contributed by atoms with Crippen LogP contribution in [0.25, 0.3) is 0 Å². The average Bonchev–Trinajstić information content (AvgIpc) is 2.09. The lowest BCUT2D eigenvalue weighted by molar-refractivity contribution is -0.152. The van der Waals surface area contributed by atoms with Gasteiger partial charge in [-0.25, -0.2) is 0 Å². The van der Waals surface area contributed by atoms with Crippen molar-refractivity contribution in [3.8, 4) is 0 Å². The molecule has 0 spiro atoms. The zero-order valence-corrected chi connectivity index (χ0v) is 11.8. The average molecular weight is 228 g/mol. The van der Waals surface area contributed by atoms with Crippen molar-refractivity contribution in [2.45, 2.75) is 73.3 Å². The topological polar surface area (TPSA) is 26.3 Å². The molecule has 0 heterocycles. The van der Waals surface area contributed by atoms with Gasteiger partial charge in [0.05, 0.1) is 12.0 Å². The Morgan fingerprint density at radius 2 is 1.69 bits per heavy atom. The number of esters is 1. The molecule has 1 unspecified atom stereocenters. The molecular weight excluding hydrogens is 200 g/mol. The molecule has 0 aromatic carbocycles. The van der Waals surface area contributed by atoms with Crippen LogP contribution in [-0.2, 0) is 9.53 Å². The number of carbonyl (C=O) groups is 1. The van der Waals surface area contributed by atoms with Gasteiger partial charge in [0.2, 0.25) is 0 Å². The predicted molar refractivity (Wildman–Crippen MR) is 68.3 cm³/mol. The fraction of sp³-hybridized carbons (Fsp3) is 0.929. The van der Waals surface area contributed by atoms with E-state index in [0.717, 1.165) is 12.8 Å². The van der Waals surface area contributed by atoms with E-state index in [1.165, 1.54) is 12.8 Å². The molecule has 2 heteroatoms. The molecule has 2 nitrogen and oxygen atoms in total. The van der Waals surface area contributed by atoms with Gasteiger partial charge in [0.25, 0.3) is 0 Å². The first-order valence-electron chi connectivity index (χ1n) is 6.43. The summed E-state index contributed by atoms with van der Waals surface area (Å²) in [7, 11) is 0. The van der Waals surface area contributed by atoms with Crippen LogP contribution in [0.2, 0.25) is 0 Å². The third kappa shape index (κ3) is 8.75. The van der Waals surface area contributed by atoms with Gasteiger partial charge in [-0.1, -0.05) is 40.5 Å². The molecular formula is C14H28O2. The Labute approximate surface area is 101 Å². The highest BCUT2D eigenvalue weighted by molar-refractivity contribution is 5.72. The van der Waals surface area contributed by atoms with E-state index in [9.17, 15) is 4.79 Å². The zero-order valence-electron chi connectivity index (χ0n) is 11.8. The summed E-state index contributed by atoms with van der Waals surface area (Å²) < 4.78 is 5.17. The van der Waals surface area contributed by atoms with Gasteiger partial charge in [-0.15, -0.1) is 0 Å². The Hall–Kier alpha value is -0.530. The number of unbranched alkanes of at least 4 members (excludes halogenated alkanes) is 1. The Morgan fingerprint density at radius 3 is 2.12 bits per heavy atom. The second kappa shape index (κ2) is 6.93. The highest BCUT2D eigenvalue weighted by Crippen LogP contribution is 2.23. The molecule has 0 N–H and O–H groups in total. The fourth-order valence-corrected chi connectivity index (χ4v) is 1.57. The minimum absolute atomic E-state index is 0.00419. The molecule has 0 aliphatic carbocycles. The Bertz CT molecular complexity index is 201. The van der Waals surface area contributed by atoms with Crippen molar-refractivity contribution in [1.82, 2.24) is 0 Å². The first-order valence-corrected chi connectivity index (χ1v) is 6.43. The van der Waals surface area contributed by atoms with Crippen LogP contribution < -0.4 is 0 Å². The summed E-state index contributed by atoms with van der Waals surface area (Å²) >= 11 is 0. The van der Waals surface area contributed by atoms with E-state index in [1.54, 1.807) is 0 Å². The minimum Gasteiger partial charge on any atom is -0.463 e. The highest BCUT2D eigenvalue weighted by atomic mass is 16.5. The monoisotopic (exact) mass is 228 g/mol. The van der Waals surface area contributed by atoms with Crippen LogP contribution in [0.15, 0.2) is 0 Å². The Balaban J connectivity index is 3.65. The van der Waals surface area contributed by atoms with E-state index < -0.39 is 0 Å². The summed E-state index contributed by atoms with van der Waals surface area (Å²) in [4.78, 5) is 11.5. The van der Waals surface area contributed by atoms with Gasteiger partial charge in [0.1, 0.15) is 0 Å². The summed E-state index contributed by atoms with van der Waals surface area (Å²) in [6.07, 6.45) is 4.49. The molecule has 96 valence electrons. The summed E-state index contributed by atoms with van der Waals surface area (Å²) in [6, 6.07) is 0. The van der Waals surface area contributed by atoms with Crippen LogP contribution in [-0.4, -0.2) is 12.1 Å². The SMILES string of the molecule is CC(C)OC(=O)C(C)CCCCC(C)(C)C. The van der Waals surface area contributed by atoms with Crippen molar-refractivity contribution >= 4 is 5.97 Å². The van der Waals surface area contributed by atoms with Crippen LogP contribution >= 0.6 is 0 Å². The van der Waals surface area contributed by atoms with Crippen LogP contribution in [0.3, 0.4) is 0 Å². The van der Waals surface area contributed by atoms with Gasteiger partial charge in [-0.3, -0.25) is 4.79 Å². The highest BCUT2D eigenvalue weighted by Gasteiger charge is 2.16. The van der Waals surface area contributed by atoms with Crippen molar-refractivity contribution < 1.29 is 9.53 Å². The summed E-state index contributed by atoms with van der Waals surface area (Å²) in [5.74, 6) is -0.00636. The van der Waals surface area contributed by atoms with E-state index in [0.29, 0.717) is 5.41 Å². The zero-order chi connectivity index (χ0) is 12.8. The lowest BCUT2D eigenvalue weighted by atomic mass is 9.89. The van der Waals surface area contributed by atoms with Crippen molar-refractivity contribution in [3.05, 3.63) is 0 Å². The van der Waals surface area contributed by atoms with Gasteiger partial charge in [-0.05, 0) is 32.1 Å². The molecule has 0 fully saturated rings. The van der Waals surface area contributed by atoms with Gasteiger partial charge < -0.3 is 4.74 Å². The number of ether oxygens (including phenoxy) is 1. The normalized spacial score (nSPS) is 13.9. The Morgan fingerprint density at radius 1 is 1.12 bits per heavy atom. The fourth-order valence-electron chi connectivity index (χ4n) is 1.57. The van der Waals surface area contributed by atoms with Gasteiger partial charge in [-0.2, -0.15) is 0 Å². The molecule has 0 radical (unpaired) electrons. The Kier molecular flexibility index (Phi) is 6.70. The maximum atomic E-state index is 11.5. The third-order valence-electron chi connectivity index (χ3n) is 2.57. The summed E-state index contributed by atoms with van der Waals surface area (Å²) in [5.41, 5.74) is 0.404. The lowest BCUT2D eigenvalue weighted by Gasteiger charge is -2.18. The van der Waals surface area contributed by atoms with Crippen LogP contribution in [0.1, 0.15) is 67.2 Å². The van der Waals surface area contributed by atoms with Crippen LogP contribution in [0.5, 0.6) is 0 Å². The number of hydrogen-bond acceptors (Lipinski definition) is 2. The van der Waals surface area contributed by atoms with E-state index in [1.807, 2.05) is 20.8 Å². The van der Waals surface area contributed by atoms with E-state index in [4.69, 9.17) is 4.74 Å². The number of carbonyl (C=O) groups excluding carboxylic acids is 1. The molecule has 1 atom stereocenters.